The number of rotatable bonds is 3. The molecule has 0 radical (unpaired) electrons. The summed E-state index contributed by atoms with van der Waals surface area (Å²) in [6.45, 7) is 3.08. The van der Waals surface area contributed by atoms with Gasteiger partial charge in [0.2, 0.25) is 5.91 Å². The number of nitrogens with one attached hydrogen (secondary N) is 1. The van der Waals surface area contributed by atoms with Crippen LogP contribution in [-0.4, -0.2) is 65.4 Å². The second kappa shape index (κ2) is 6.26. The number of pyridine rings is 1. The quantitative estimate of drug-likeness (QED) is 0.894. The van der Waals surface area contributed by atoms with E-state index in [0.29, 0.717) is 13.1 Å². The molecule has 1 N–H and O–H groups in total. The topological polar surface area (TPSA) is 48.5 Å². The number of hydrogen-bond acceptors (Lipinski definition) is 4. The number of hydrogen-bond donors (Lipinski definition) is 1. The first-order chi connectivity index (χ1) is 10.5. The van der Waals surface area contributed by atoms with E-state index in [1.165, 1.54) is 0 Å². The molecule has 0 saturated carbocycles. The summed E-state index contributed by atoms with van der Waals surface area (Å²) in [6.07, 6.45) is 3.19. The number of piperazine rings is 1. The minimum Gasteiger partial charge on any atom is -0.339 e. The summed E-state index contributed by atoms with van der Waals surface area (Å²) in [5.41, 5.74) is 1.14. The number of amides is 1. The molecule has 2 fully saturated rings. The van der Waals surface area contributed by atoms with E-state index in [1.54, 1.807) is 11.1 Å². The predicted molar refractivity (Wildman–Crippen MR) is 77.4 cm³/mol. The van der Waals surface area contributed by atoms with E-state index >= 15 is 0 Å². The monoisotopic (exact) mass is 310 g/mol. The molecule has 0 spiro atoms. The van der Waals surface area contributed by atoms with Gasteiger partial charge in [-0.2, -0.15) is 0 Å². The molecule has 0 aliphatic carbocycles. The largest absolute Gasteiger partial charge is 0.339 e. The van der Waals surface area contributed by atoms with Gasteiger partial charge in [-0.3, -0.25) is 20.0 Å². The molecule has 0 bridgehead atoms. The smallest absolute Gasteiger partial charge is 0.262 e. The Balaban J connectivity index is 1.48. The number of nitrogens with zero attached hydrogens (tertiary/aromatic N) is 3. The van der Waals surface area contributed by atoms with Crippen LogP contribution in [0.15, 0.2) is 24.5 Å². The van der Waals surface area contributed by atoms with Crippen molar-refractivity contribution in [1.82, 2.24) is 20.1 Å². The van der Waals surface area contributed by atoms with Crippen molar-refractivity contribution >= 4 is 5.91 Å². The van der Waals surface area contributed by atoms with Crippen LogP contribution in [0.1, 0.15) is 12.0 Å². The van der Waals surface area contributed by atoms with Crippen LogP contribution < -0.4 is 5.32 Å². The molecule has 1 amide bonds. The van der Waals surface area contributed by atoms with Gasteiger partial charge in [0.1, 0.15) is 0 Å². The summed E-state index contributed by atoms with van der Waals surface area (Å²) >= 11 is 0. The maximum Gasteiger partial charge on any atom is 0.262 e. The number of aromatic nitrogens is 1. The van der Waals surface area contributed by atoms with Crippen LogP contribution >= 0.6 is 0 Å². The average molecular weight is 310 g/mol. The molecule has 22 heavy (non-hydrogen) atoms. The van der Waals surface area contributed by atoms with E-state index in [9.17, 15) is 13.6 Å². The van der Waals surface area contributed by atoms with Crippen molar-refractivity contribution in [1.29, 1.82) is 0 Å². The fourth-order valence-electron chi connectivity index (χ4n) is 2.99. The Morgan fingerprint density at radius 2 is 2.14 bits per heavy atom. The molecule has 1 unspecified atom stereocenters. The van der Waals surface area contributed by atoms with Gasteiger partial charge in [0.25, 0.3) is 5.92 Å². The Hall–Kier alpha value is -1.60. The maximum absolute atomic E-state index is 13.2. The Morgan fingerprint density at radius 1 is 1.36 bits per heavy atom. The Labute approximate surface area is 128 Å². The van der Waals surface area contributed by atoms with Gasteiger partial charge in [-0.1, -0.05) is 6.07 Å². The van der Waals surface area contributed by atoms with Crippen LogP contribution in [0.3, 0.4) is 0 Å². The minimum atomic E-state index is -2.76. The Kier molecular flexibility index (Phi) is 4.35. The third-order valence-corrected chi connectivity index (χ3v) is 4.22. The van der Waals surface area contributed by atoms with Crippen LogP contribution in [0, 0.1) is 0 Å². The first kappa shape index (κ1) is 15.3. The molecule has 3 rings (SSSR count). The van der Waals surface area contributed by atoms with Gasteiger partial charge in [-0.25, -0.2) is 8.78 Å². The van der Waals surface area contributed by atoms with Crippen LogP contribution in [0.25, 0.3) is 0 Å². The summed E-state index contributed by atoms with van der Waals surface area (Å²) < 4.78 is 26.4. The highest BCUT2D eigenvalue weighted by atomic mass is 19.3. The van der Waals surface area contributed by atoms with Crippen LogP contribution in [-0.2, 0) is 11.3 Å². The van der Waals surface area contributed by atoms with Gasteiger partial charge in [-0.15, -0.1) is 0 Å². The average Bonchev–Trinajstić information content (AvgIpc) is 2.88. The van der Waals surface area contributed by atoms with Crippen LogP contribution in [0.4, 0.5) is 8.78 Å². The number of carbonyl (C=O) groups excluding carboxylic acids is 1. The second-order valence-electron chi connectivity index (χ2n) is 5.96. The summed E-state index contributed by atoms with van der Waals surface area (Å²) in [4.78, 5) is 20.3. The zero-order chi connectivity index (χ0) is 15.6. The maximum atomic E-state index is 13.2. The highest BCUT2D eigenvalue weighted by Crippen LogP contribution is 2.26. The molecule has 1 atom stereocenters. The summed E-state index contributed by atoms with van der Waals surface area (Å²) in [7, 11) is 0. The van der Waals surface area contributed by atoms with Gasteiger partial charge in [-0.05, 0) is 11.6 Å². The molecule has 2 aliphatic rings. The molecular weight excluding hydrogens is 290 g/mol. The van der Waals surface area contributed by atoms with Gasteiger partial charge in [0.15, 0.2) is 0 Å². The fourth-order valence-corrected chi connectivity index (χ4v) is 2.99. The lowest BCUT2D eigenvalue weighted by atomic mass is 10.1. The molecular formula is C15H20F2N4O. The van der Waals surface area contributed by atoms with Crippen molar-refractivity contribution in [2.24, 2.45) is 0 Å². The summed E-state index contributed by atoms with van der Waals surface area (Å²) in [5, 5.41) is 2.63. The predicted octanol–water partition coefficient (Wildman–Crippen LogP) is 0.723. The minimum absolute atomic E-state index is 0.196. The third kappa shape index (κ3) is 3.59. The normalized spacial score (nSPS) is 25.4. The van der Waals surface area contributed by atoms with Crippen molar-refractivity contribution in [2.45, 2.75) is 24.9 Å². The highest BCUT2D eigenvalue weighted by molar-refractivity contribution is 5.82. The van der Waals surface area contributed by atoms with Gasteiger partial charge in [0, 0.05) is 51.5 Å². The van der Waals surface area contributed by atoms with E-state index in [0.717, 1.165) is 25.2 Å². The van der Waals surface area contributed by atoms with E-state index in [-0.39, 0.29) is 12.3 Å². The lowest BCUT2D eigenvalue weighted by Gasteiger charge is -2.35. The van der Waals surface area contributed by atoms with Gasteiger partial charge in [0.05, 0.1) is 12.6 Å². The number of carbonyl (C=O) groups is 1. The van der Waals surface area contributed by atoms with Crippen molar-refractivity contribution in [2.75, 3.05) is 32.7 Å². The van der Waals surface area contributed by atoms with Crippen molar-refractivity contribution in [3.8, 4) is 0 Å². The molecule has 5 nitrogen and oxygen atoms in total. The zero-order valence-corrected chi connectivity index (χ0v) is 12.3. The van der Waals surface area contributed by atoms with Gasteiger partial charge >= 0.3 is 0 Å². The molecule has 0 aromatic carbocycles. The zero-order valence-electron chi connectivity index (χ0n) is 12.3. The first-order valence-electron chi connectivity index (χ1n) is 7.55. The van der Waals surface area contributed by atoms with E-state index < -0.39 is 18.5 Å². The highest BCUT2D eigenvalue weighted by Gasteiger charge is 2.43. The van der Waals surface area contributed by atoms with Gasteiger partial charge < -0.3 is 4.90 Å². The number of alkyl halides is 2. The standard InChI is InChI=1S/C15H20F2N4O/c16-15(17)8-13(19-11-15)14(22)21-6-4-20(5-7-21)10-12-2-1-3-18-9-12/h1-3,9,13,19H,4-8,10-11H2. The summed E-state index contributed by atoms with van der Waals surface area (Å²) in [6, 6.07) is 3.19. The van der Waals surface area contributed by atoms with E-state index in [1.807, 2.05) is 18.3 Å². The van der Waals surface area contributed by atoms with Crippen molar-refractivity contribution in [3.63, 3.8) is 0 Å². The SMILES string of the molecule is O=C(C1CC(F)(F)CN1)N1CCN(Cc2cccnc2)CC1. The summed E-state index contributed by atoms with van der Waals surface area (Å²) in [5.74, 6) is -2.96. The van der Waals surface area contributed by atoms with Crippen molar-refractivity contribution < 1.29 is 13.6 Å². The van der Waals surface area contributed by atoms with E-state index in [4.69, 9.17) is 0 Å². The van der Waals surface area contributed by atoms with Crippen molar-refractivity contribution in [3.05, 3.63) is 30.1 Å². The third-order valence-electron chi connectivity index (χ3n) is 4.22. The van der Waals surface area contributed by atoms with E-state index in [2.05, 4.69) is 15.2 Å². The lowest BCUT2D eigenvalue weighted by Crippen LogP contribution is -2.52. The Morgan fingerprint density at radius 3 is 2.73 bits per heavy atom. The molecule has 120 valence electrons. The molecule has 3 heterocycles. The van der Waals surface area contributed by atoms with Crippen LogP contribution in [0.2, 0.25) is 0 Å². The fraction of sp³-hybridized carbons (Fsp3) is 0.600. The van der Waals surface area contributed by atoms with Crippen LogP contribution in [0.5, 0.6) is 0 Å². The molecule has 1 aromatic heterocycles. The molecule has 2 saturated heterocycles. The molecule has 2 aliphatic heterocycles. The lowest BCUT2D eigenvalue weighted by molar-refractivity contribution is -0.135. The Bertz CT molecular complexity index is 518. The molecule has 1 aromatic rings. The second-order valence-corrected chi connectivity index (χ2v) is 5.96. The first-order valence-corrected chi connectivity index (χ1v) is 7.55. The number of halogens is 2. The molecule has 7 heteroatoms.